The lowest BCUT2D eigenvalue weighted by atomic mass is 9.78. The van der Waals surface area contributed by atoms with Crippen molar-refractivity contribution in [2.75, 3.05) is 19.8 Å². The molecule has 4 rings (SSSR count). The average Bonchev–Trinajstić information content (AvgIpc) is 3.18. The highest BCUT2D eigenvalue weighted by atomic mass is 16.7. The zero-order chi connectivity index (χ0) is 18.4. The van der Waals surface area contributed by atoms with Crippen molar-refractivity contribution < 1.29 is 18.8 Å². The number of aromatic nitrogens is 1. The Bertz CT molecular complexity index is 785. The van der Waals surface area contributed by atoms with Crippen LogP contribution in [0.15, 0.2) is 30.5 Å². The van der Waals surface area contributed by atoms with Gasteiger partial charge in [-0.1, -0.05) is 12.1 Å². The summed E-state index contributed by atoms with van der Waals surface area (Å²) in [6, 6.07) is 8.14. The fourth-order valence-electron chi connectivity index (χ4n) is 3.26. The first-order valence-corrected chi connectivity index (χ1v) is 9.30. The van der Waals surface area contributed by atoms with E-state index < -0.39 is 0 Å². The Morgan fingerprint density at radius 2 is 1.92 bits per heavy atom. The van der Waals surface area contributed by atoms with E-state index in [0.29, 0.717) is 12.5 Å². The van der Waals surface area contributed by atoms with E-state index in [-0.39, 0.29) is 18.3 Å². The maximum atomic E-state index is 6.16. The van der Waals surface area contributed by atoms with E-state index in [9.17, 15) is 0 Å². The van der Waals surface area contributed by atoms with Crippen molar-refractivity contribution in [3.8, 4) is 5.75 Å². The second kappa shape index (κ2) is 6.52. The smallest absolute Gasteiger partial charge is 0.492 e. The minimum Gasteiger partial charge on any atom is -0.492 e. The molecule has 2 aliphatic heterocycles. The Morgan fingerprint density at radius 3 is 2.62 bits per heavy atom. The molecule has 0 bridgehead atoms. The molecule has 1 aromatic carbocycles. The number of rotatable bonds is 4. The molecular weight excluding hydrogens is 329 g/mol. The summed E-state index contributed by atoms with van der Waals surface area (Å²) >= 11 is 0. The third-order valence-corrected chi connectivity index (χ3v) is 5.72. The first kappa shape index (κ1) is 17.8. The minimum absolute atomic E-state index is 0.348. The van der Waals surface area contributed by atoms with Gasteiger partial charge >= 0.3 is 7.12 Å². The van der Waals surface area contributed by atoms with Crippen LogP contribution in [0.25, 0.3) is 10.9 Å². The molecule has 2 fully saturated rings. The fourth-order valence-corrected chi connectivity index (χ4v) is 3.26. The molecule has 0 N–H and O–H groups in total. The third-order valence-electron chi connectivity index (χ3n) is 5.72. The first-order valence-electron chi connectivity index (χ1n) is 9.30. The maximum absolute atomic E-state index is 6.16. The van der Waals surface area contributed by atoms with Crippen molar-refractivity contribution in [1.29, 1.82) is 0 Å². The van der Waals surface area contributed by atoms with Crippen molar-refractivity contribution >= 4 is 23.5 Å². The van der Waals surface area contributed by atoms with Gasteiger partial charge in [0.1, 0.15) is 5.75 Å². The van der Waals surface area contributed by atoms with Gasteiger partial charge < -0.3 is 18.8 Å². The lowest BCUT2D eigenvalue weighted by molar-refractivity contribution is 0.00578. The predicted octanol–water partition coefficient (Wildman–Crippen LogP) is 2.95. The quantitative estimate of drug-likeness (QED) is 0.790. The molecule has 0 amide bonds. The van der Waals surface area contributed by atoms with Crippen LogP contribution >= 0.6 is 0 Å². The van der Waals surface area contributed by atoms with Gasteiger partial charge in [0.25, 0.3) is 0 Å². The van der Waals surface area contributed by atoms with E-state index in [1.807, 2.05) is 18.2 Å². The number of fused-ring (bicyclic) bond motifs is 1. The van der Waals surface area contributed by atoms with Crippen LogP contribution in [-0.4, -0.2) is 43.1 Å². The average molecular weight is 355 g/mol. The van der Waals surface area contributed by atoms with Crippen molar-refractivity contribution in [2.24, 2.45) is 5.92 Å². The highest BCUT2D eigenvalue weighted by Crippen LogP contribution is 2.36. The molecule has 5 nitrogen and oxygen atoms in total. The molecule has 0 aliphatic carbocycles. The lowest BCUT2D eigenvalue weighted by Crippen LogP contribution is -2.41. The number of hydrogen-bond acceptors (Lipinski definition) is 5. The molecule has 1 unspecified atom stereocenters. The molecule has 138 valence electrons. The normalized spacial score (nSPS) is 24.3. The number of pyridine rings is 1. The van der Waals surface area contributed by atoms with Crippen LogP contribution in [0.1, 0.15) is 34.1 Å². The van der Waals surface area contributed by atoms with Gasteiger partial charge in [0, 0.05) is 17.9 Å². The zero-order valence-corrected chi connectivity index (χ0v) is 16.0. The monoisotopic (exact) mass is 355 g/mol. The molecule has 0 spiro atoms. The molecular formula is C20H26BNO4. The van der Waals surface area contributed by atoms with Gasteiger partial charge in [0.05, 0.1) is 36.1 Å². The molecule has 6 heteroatoms. The zero-order valence-electron chi connectivity index (χ0n) is 16.0. The molecule has 2 saturated heterocycles. The Kier molecular flexibility index (Phi) is 4.45. The van der Waals surface area contributed by atoms with E-state index in [4.69, 9.17) is 18.8 Å². The highest BCUT2D eigenvalue weighted by Gasteiger charge is 2.51. The molecule has 1 aromatic heterocycles. The van der Waals surface area contributed by atoms with Crippen molar-refractivity contribution in [3.05, 3.63) is 30.5 Å². The number of benzene rings is 1. The first-order chi connectivity index (χ1) is 12.3. The summed E-state index contributed by atoms with van der Waals surface area (Å²) in [6.07, 6.45) is 2.85. The summed E-state index contributed by atoms with van der Waals surface area (Å²) in [6.45, 7) is 10.5. The van der Waals surface area contributed by atoms with Gasteiger partial charge in [-0.05, 0) is 51.7 Å². The van der Waals surface area contributed by atoms with Crippen molar-refractivity contribution in [3.63, 3.8) is 0 Å². The minimum atomic E-state index is -0.371. The van der Waals surface area contributed by atoms with Gasteiger partial charge in [-0.15, -0.1) is 0 Å². The van der Waals surface area contributed by atoms with Gasteiger partial charge in [0.15, 0.2) is 0 Å². The SMILES string of the molecule is CC1(C)OB(c2ccc3ncc(OCC4CCOC4)cc3c2)OC1(C)C. The van der Waals surface area contributed by atoms with E-state index in [1.54, 1.807) is 6.20 Å². The molecule has 0 radical (unpaired) electrons. The Morgan fingerprint density at radius 1 is 1.15 bits per heavy atom. The van der Waals surface area contributed by atoms with Gasteiger partial charge in [-0.25, -0.2) is 0 Å². The van der Waals surface area contributed by atoms with Gasteiger partial charge in [0.2, 0.25) is 0 Å². The standard InChI is InChI=1S/C20H26BNO4/c1-19(2)20(3,4)26-21(25-19)16-5-6-18-15(9-16)10-17(11-22-18)24-13-14-7-8-23-12-14/h5-6,9-11,14H,7-8,12-13H2,1-4H3. The topological polar surface area (TPSA) is 49.8 Å². The van der Waals surface area contributed by atoms with Crippen LogP contribution in [0.2, 0.25) is 0 Å². The van der Waals surface area contributed by atoms with E-state index in [0.717, 1.165) is 41.7 Å². The summed E-state index contributed by atoms with van der Waals surface area (Å²) in [4.78, 5) is 4.51. The molecule has 26 heavy (non-hydrogen) atoms. The Labute approximate surface area is 155 Å². The van der Waals surface area contributed by atoms with Crippen LogP contribution in [0, 0.1) is 5.92 Å². The molecule has 1 atom stereocenters. The Balaban J connectivity index is 1.54. The summed E-state index contributed by atoms with van der Waals surface area (Å²) in [5.41, 5.74) is 1.24. The number of hydrogen-bond donors (Lipinski definition) is 0. The highest BCUT2D eigenvalue weighted by molar-refractivity contribution is 6.62. The second-order valence-electron chi connectivity index (χ2n) is 8.25. The van der Waals surface area contributed by atoms with Crippen LogP contribution < -0.4 is 10.2 Å². The van der Waals surface area contributed by atoms with Crippen LogP contribution in [0.3, 0.4) is 0 Å². The largest absolute Gasteiger partial charge is 0.494 e. The lowest BCUT2D eigenvalue weighted by Gasteiger charge is -2.32. The second-order valence-corrected chi connectivity index (χ2v) is 8.25. The van der Waals surface area contributed by atoms with Crippen LogP contribution in [-0.2, 0) is 14.0 Å². The molecule has 2 aliphatic rings. The van der Waals surface area contributed by atoms with Crippen LogP contribution in [0.4, 0.5) is 0 Å². The number of ether oxygens (including phenoxy) is 2. The summed E-state index contributed by atoms with van der Waals surface area (Å²) in [5.74, 6) is 1.26. The van der Waals surface area contributed by atoms with Crippen molar-refractivity contribution in [2.45, 2.75) is 45.3 Å². The maximum Gasteiger partial charge on any atom is 0.494 e. The van der Waals surface area contributed by atoms with E-state index in [2.05, 4.69) is 38.7 Å². The molecule has 2 aromatic rings. The van der Waals surface area contributed by atoms with Gasteiger partial charge in [-0.3, -0.25) is 4.98 Å². The number of nitrogens with zero attached hydrogens (tertiary/aromatic N) is 1. The Hall–Kier alpha value is -1.63. The fraction of sp³-hybridized carbons (Fsp3) is 0.550. The summed E-state index contributed by atoms with van der Waals surface area (Å²) in [7, 11) is -0.371. The van der Waals surface area contributed by atoms with E-state index in [1.165, 1.54) is 0 Å². The van der Waals surface area contributed by atoms with E-state index >= 15 is 0 Å². The van der Waals surface area contributed by atoms with Crippen molar-refractivity contribution in [1.82, 2.24) is 4.98 Å². The summed E-state index contributed by atoms with van der Waals surface area (Å²) in [5, 5.41) is 1.03. The van der Waals surface area contributed by atoms with Gasteiger partial charge in [-0.2, -0.15) is 0 Å². The molecule has 3 heterocycles. The van der Waals surface area contributed by atoms with Crippen LogP contribution in [0.5, 0.6) is 5.75 Å². The molecule has 0 saturated carbocycles. The predicted molar refractivity (Wildman–Crippen MR) is 102 cm³/mol. The third kappa shape index (κ3) is 3.33. The summed E-state index contributed by atoms with van der Waals surface area (Å²) < 4.78 is 23.6.